The molecule has 1 aromatic heterocycles. The Morgan fingerprint density at radius 1 is 1.05 bits per heavy atom. The summed E-state index contributed by atoms with van der Waals surface area (Å²) in [4.78, 5) is 0. The molecule has 1 heterocycles. The smallest absolute Gasteiger partial charge is 0.123 e. The third-order valence-corrected chi connectivity index (χ3v) is 3.56. The first-order valence-corrected chi connectivity index (χ1v) is 7.02. The molecule has 0 aliphatic heterocycles. The second kappa shape index (κ2) is 5.89. The average Bonchev–Trinajstić information content (AvgIpc) is 3.04. The van der Waals surface area contributed by atoms with Crippen LogP contribution in [0.25, 0.3) is 5.69 Å². The van der Waals surface area contributed by atoms with E-state index >= 15 is 0 Å². The fraction of sp³-hybridized carbons (Fsp3) is 0.176. The van der Waals surface area contributed by atoms with Crippen molar-refractivity contribution < 1.29 is 5.11 Å². The number of hydrogen-bond acceptors (Lipinski definition) is 3. The predicted molar refractivity (Wildman–Crippen MR) is 81.2 cm³/mol. The molecule has 0 aliphatic carbocycles. The highest BCUT2D eigenvalue weighted by atomic mass is 16.3. The van der Waals surface area contributed by atoms with E-state index in [9.17, 15) is 5.11 Å². The Balaban J connectivity index is 1.95. The highest BCUT2D eigenvalue weighted by molar-refractivity contribution is 5.35. The van der Waals surface area contributed by atoms with Crippen LogP contribution in [-0.2, 0) is 6.42 Å². The Labute approximate surface area is 123 Å². The number of benzene rings is 2. The molecule has 0 fully saturated rings. The van der Waals surface area contributed by atoms with Crippen molar-refractivity contribution in [1.29, 1.82) is 0 Å². The first-order chi connectivity index (χ1) is 10.3. The third kappa shape index (κ3) is 2.71. The van der Waals surface area contributed by atoms with E-state index in [0.717, 1.165) is 17.7 Å². The summed E-state index contributed by atoms with van der Waals surface area (Å²) in [6, 6.07) is 17.7. The normalized spacial score (nSPS) is 12.3. The maximum absolute atomic E-state index is 10.6. The zero-order chi connectivity index (χ0) is 14.7. The fourth-order valence-corrected chi connectivity index (χ4v) is 2.31. The van der Waals surface area contributed by atoms with Gasteiger partial charge in [0, 0.05) is 0 Å². The van der Waals surface area contributed by atoms with Crippen molar-refractivity contribution >= 4 is 0 Å². The Morgan fingerprint density at radius 3 is 2.43 bits per heavy atom. The van der Waals surface area contributed by atoms with Gasteiger partial charge < -0.3 is 5.11 Å². The molecule has 0 amide bonds. The van der Waals surface area contributed by atoms with Gasteiger partial charge in [0.05, 0.1) is 17.6 Å². The third-order valence-electron chi connectivity index (χ3n) is 3.56. The van der Waals surface area contributed by atoms with E-state index in [0.29, 0.717) is 5.69 Å². The lowest BCUT2D eigenvalue weighted by Gasteiger charge is -2.13. The molecular weight excluding hydrogens is 262 g/mol. The van der Waals surface area contributed by atoms with Crippen molar-refractivity contribution in [1.82, 2.24) is 15.0 Å². The Kier molecular flexibility index (Phi) is 3.79. The van der Waals surface area contributed by atoms with E-state index in [4.69, 9.17) is 0 Å². The Morgan fingerprint density at radius 2 is 1.76 bits per heavy atom. The predicted octanol–water partition coefficient (Wildman–Crippen LogP) is 2.91. The first-order valence-electron chi connectivity index (χ1n) is 7.02. The first kappa shape index (κ1) is 13.5. The summed E-state index contributed by atoms with van der Waals surface area (Å²) in [6.07, 6.45) is 1.84. The highest BCUT2D eigenvalue weighted by Gasteiger charge is 2.17. The summed E-state index contributed by atoms with van der Waals surface area (Å²) >= 11 is 0. The van der Waals surface area contributed by atoms with Crippen LogP contribution < -0.4 is 0 Å². The highest BCUT2D eigenvalue weighted by Crippen LogP contribution is 2.23. The van der Waals surface area contributed by atoms with E-state index in [1.807, 2.05) is 54.6 Å². The standard InChI is InChI=1S/C17H17N3O/c1-2-13-8-10-14(11-9-13)17(21)16-12-18-19-20(16)15-6-4-3-5-7-15/h3-12,17,21H,2H2,1H3. The number of nitrogens with zero attached hydrogens (tertiary/aromatic N) is 3. The molecule has 0 bridgehead atoms. The minimum absolute atomic E-state index is 0.658. The lowest BCUT2D eigenvalue weighted by atomic mass is 10.0. The van der Waals surface area contributed by atoms with Crippen LogP contribution in [0.5, 0.6) is 0 Å². The molecule has 1 atom stereocenters. The lowest BCUT2D eigenvalue weighted by molar-refractivity contribution is 0.212. The summed E-state index contributed by atoms with van der Waals surface area (Å²) in [5.41, 5.74) is 3.63. The van der Waals surface area contributed by atoms with Crippen LogP contribution >= 0.6 is 0 Å². The summed E-state index contributed by atoms with van der Waals surface area (Å²) in [5.74, 6) is 0. The van der Waals surface area contributed by atoms with Gasteiger partial charge in [0.25, 0.3) is 0 Å². The maximum atomic E-state index is 10.6. The SMILES string of the molecule is CCc1ccc(C(O)c2cnnn2-c2ccccc2)cc1. The molecule has 4 heteroatoms. The van der Waals surface area contributed by atoms with E-state index < -0.39 is 6.10 Å². The molecule has 4 nitrogen and oxygen atoms in total. The number of para-hydroxylation sites is 1. The molecule has 1 N–H and O–H groups in total. The van der Waals surface area contributed by atoms with E-state index in [-0.39, 0.29) is 0 Å². The summed E-state index contributed by atoms with van der Waals surface area (Å²) in [7, 11) is 0. The van der Waals surface area contributed by atoms with Crippen molar-refractivity contribution in [3.05, 3.63) is 77.6 Å². The fourth-order valence-electron chi connectivity index (χ4n) is 2.31. The van der Waals surface area contributed by atoms with E-state index in [2.05, 4.69) is 17.2 Å². The second-order valence-corrected chi connectivity index (χ2v) is 4.90. The van der Waals surface area contributed by atoms with Crippen molar-refractivity contribution in [2.24, 2.45) is 0 Å². The molecular formula is C17H17N3O. The van der Waals surface area contributed by atoms with Gasteiger partial charge in [0.15, 0.2) is 0 Å². The number of hydrogen-bond donors (Lipinski definition) is 1. The van der Waals surface area contributed by atoms with Crippen LogP contribution in [0.2, 0.25) is 0 Å². The number of aliphatic hydroxyl groups is 1. The maximum Gasteiger partial charge on any atom is 0.123 e. The zero-order valence-corrected chi connectivity index (χ0v) is 11.8. The molecule has 1 unspecified atom stereocenters. The summed E-state index contributed by atoms with van der Waals surface area (Å²) in [6.45, 7) is 2.11. The van der Waals surface area contributed by atoms with Crippen LogP contribution in [0, 0.1) is 0 Å². The van der Waals surface area contributed by atoms with Gasteiger partial charge in [-0.2, -0.15) is 0 Å². The van der Waals surface area contributed by atoms with Gasteiger partial charge >= 0.3 is 0 Å². The molecule has 106 valence electrons. The van der Waals surface area contributed by atoms with Crippen molar-refractivity contribution in [3.63, 3.8) is 0 Å². The largest absolute Gasteiger partial charge is 0.382 e. The monoisotopic (exact) mass is 279 g/mol. The second-order valence-electron chi connectivity index (χ2n) is 4.90. The van der Waals surface area contributed by atoms with Gasteiger partial charge in [-0.05, 0) is 29.7 Å². The van der Waals surface area contributed by atoms with E-state index in [1.54, 1.807) is 10.9 Å². The molecule has 0 spiro atoms. The summed E-state index contributed by atoms with van der Waals surface area (Å²) in [5, 5.41) is 18.6. The van der Waals surface area contributed by atoms with Crippen molar-refractivity contribution in [2.45, 2.75) is 19.4 Å². The van der Waals surface area contributed by atoms with Crippen LogP contribution in [0.15, 0.2) is 60.8 Å². The van der Waals surface area contributed by atoms with Gasteiger partial charge in [0.2, 0.25) is 0 Å². The number of aromatic nitrogens is 3. The van der Waals surface area contributed by atoms with Crippen LogP contribution in [-0.4, -0.2) is 20.1 Å². The Hall–Kier alpha value is -2.46. The number of aryl methyl sites for hydroxylation is 1. The lowest BCUT2D eigenvalue weighted by Crippen LogP contribution is -2.08. The zero-order valence-electron chi connectivity index (χ0n) is 11.8. The molecule has 0 radical (unpaired) electrons. The van der Waals surface area contributed by atoms with Crippen molar-refractivity contribution in [2.75, 3.05) is 0 Å². The summed E-state index contributed by atoms with van der Waals surface area (Å²) < 4.78 is 1.67. The molecule has 0 aliphatic rings. The molecule has 3 aromatic rings. The minimum Gasteiger partial charge on any atom is -0.382 e. The minimum atomic E-state index is -0.744. The van der Waals surface area contributed by atoms with E-state index in [1.165, 1.54) is 5.56 Å². The van der Waals surface area contributed by atoms with Gasteiger partial charge in [-0.3, -0.25) is 0 Å². The molecule has 0 saturated carbocycles. The quantitative estimate of drug-likeness (QED) is 0.799. The number of rotatable bonds is 4. The van der Waals surface area contributed by atoms with Gasteiger partial charge in [0.1, 0.15) is 6.10 Å². The van der Waals surface area contributed by atoms with Gasteiger partial charge in [-0.1, -0.05) is 54.6 Å². The van der Waals surface area contributed by atoms with Crippen LogP contribution in [0.3, 0.4) is 0 Å². The molecule has 2 aromatic carbocycles. The van der Waals surface area contributed by atoms with Crippen LogP contribution in [0.4, 0.5) is 0 Å². The molecule has 0 saturated heterocycles. The van der Waals surface area contributed by atoms with Gasteiger partial charge in [-0.15, -0.1) is 5.10 Å². The number of aliphatic hydroxyl groups excluding tert-OH is 1. The average molecular weight is 279 g/mol. The van der Waals surface area contributed by atoms with Gasteiger partial charge in [-0.25, -0.2) is 4.68 Å². The molecule has 21 heavy (non-hydrogen) atoms. The Bertz CT molecular complexity index is 704. The molecule has 3 rings (SSSR count). The van der Waals surface area contributed by atoms with Crippen LogP contribution in [0.1, 0.15) is 29.8 Å². The topological polar surface area (TPSA) is 50.9 Å². The van der Waals surface area contributed by atoms with Crippen molar-refractivity contribution in [3.8, 4) is 5.69 Å².